The number of rotatable bonds is 9. The van der Waals surface area contributed by atoms with Crippen molar-refractivity contribution in [2.45, 2.75) is 26.9 Å². The zero-order valence-corrected chi connectivity index (χ0v) is 20.2. The van der Waals surface area contributed by atoms with E-state index < -0.39 is 0 Å². The Kier molecular flexibility index (Phi) is 11.7. The van der Waals surface area contributed by atoms with Gasteiger partial charge in [-0.15, -0.1) is 24.0 Å². The molecule has 0 fully saturated rings. The lowest BCUT2D eigenvalue weighted by molar-refractivity contribution is -0.114. The molecule has 3 N–H and O–H groups in total. The van der Waals surface area contributed by atoms with Crippen LogP contribution in [0.15, 0.2) is 53.5 Å². The van der Waals surface area contributed by atoms with Crippen LogP contribution in [0, 0.1) is 6.92 Å². The van der Waals surface area contributed by atoms with Crippen molar-refractivity contribution in [3.63, 3.8) is 0 Å². The predicted octanol–water partition coefficient (Wildman–Crippen LogP) is 3.58. The maximum Gasteiger partial charge on any atom is 0.221 e. The normalized spacial score (nSPS) is 11.7. The van der Waals surface area contributed by atoms with Crippen LogP contribution in [-0.4, -0.2) is 44.7 Å². The number of amides is 1. The Labute approximate surface area is 195 Å². The third kappa shape index (κ3) is 9.82. The average molecular weight is 526 g/mol. The lowest BCUT2D eigenvalue weighted by Gasteiger charge is -2.18. The Balaban J connectivity index is 0.00000450. The molecule has 8 heteroatoms. The van der Waals surface area contributed by atoms with E-state index in [-0.39, 0.29) is 36.0 Å². The van der Waals surface area contributed by atoms with Gasteiger partial charge in [-0.2, -0.15) is 0 Å². The molecule has 0 aliphatic heterocycles. The molecule has 0 heterocycles. The molecule has 0 spiro atoms. The molecule has 0 aliphatic rings. The summed E-state index contributed by atoms with van der Waals surface area (Å²) in [5, 5.41) is 9.18. The predicted molar refractivity (Wildman–Crippen MR) is 132 cm³/mol. The molecule has 30 heavy (non-hydrogen) atoms. The van der Waals surface area contributed by atoms with Crippen molar-refractivity contribution in [2.75, 3.05) is 32.1 Å². The summed E-state index contributed by atoms with van der Waals surface area (Å²) in [5.41, 5.74) is 1.88. The fourth-order valence-electron chi connectivity index (χ4n) is 2.63. The maximum absolute atomic E-state index is 11.1. The SMILES string of the molecule is CN=C(NCCOc1cccc(NC(C)=O)c1)NCC(C)Oc1cccc(C)c1.I. The van der Waals surface area contributed by atoms with Crippen LogP contribution in [0.5, 0.6) is 11.5 Å². The van der Waals surface area contributed by atoms with Crippen molar-refractivity contribution in [1.82, 2.24) is 10.6 Å². The van der Waals surface area contributed by atoms with Crippen LogP contribution in [0.4, 0.5) is 5.69 Å². The fraction of sp³-hybridized carbons (Fsp3) is 0.364. The van der Waals surface area contributed by atoms with Gasteiger partial charge in [0.1, 0.15) is 24.2 Å². The summed E-state index contributed by atoms with van der Waals surface area (Å²) in [4.78, 5) is 15.3. The smallest absolute Gasteiger partial charge is 0.221 e. The summed E-state index contributed by atoms with van der Waals surface area (Å²) >= 11 is 0. The van der Waals surface area contributed by atoms with Crippen molar-refractivity contribution in [2.24, 2.45) is 4.99 Å². The van der Waals surface area contributed by atoms with E-state index in [0.29, 0.717) is 37.1 Å². The van der Waals surface area contributed by atoms with E-state index in [0.717, 1.165) is 5.75 Å². The summed E-state index contributed by atoms with van der Waals surface area (Å²) in [7, 11) is 1.72. The molecule has 164 valence electrons. The van der Waals surface area contributed by atoms with Crippen LogP contribution in [-0.2, 0) is 4.79 Å². The van der Waals surface area contributed by atoms with E-state index in [9.17, 15) is 4.79 Å². The van der Waals surface area contributed by atoms with Crippen LogP contribution in [0.1, 0.15) is 19.4 Å². The minimum Gasteiger partial charge on any atom is -0.492 e. The number of aliphatic imine (C=N–C) groups is 1. The quantitative estimate of drug-likeness (QED) is 0.201. The third-order valence-electron chi connectivity index (χ3n) is 3.93. The van der Waals surface area contributed by atoms with E-state index in [1.807, 2.05) is 56.3 Å². The molecule has 2 aromatic carbocycles. The van der Waals surface area contributed by atoms with Gasteiger partial charge in [0.25, 0.3) is 0 Å². The molecule has 0 saturated heterocycles. The van der Waals surface area contributed by atoms with E-state index in [4.69, 9.17) is 9.47 Å². The Hall–Kier alpha value is -2.49. The number of carbonyl (C=O) groups excluding carboxylic acids is 1. The van der Waals surface area contributed by atoms with Crippen LogP contribution in [0.3, 0.4) is 0 Å². The zero-order chi connectivity index (χ0) is 21.1. The molecule has 0 saturated carbocycles. The molecule has 2 aromatic rings. The Bertz CT molecular complexity index is 830. The van der Waals surface area contributed by atoms with Gasteiger partial charge in [-0.05, 0) is 43.7 Å². The molecular weight excluding hydrogens is 495 g/mol. The molecule has 1 unspecified atom stereocenters. The summed E-state index contributed by atoms with van der Waals surface area (Å²) in [6, 6.07) is 15.3. The van der Waals surface area contributed by atoms with E-state index in [2.05, 4.69) is 20.9 Å². The van der Waals surface area contributed by atoms with Crippen molar-refractivity contribution in [3.8, 4) is 11.5 Å². The number of ether oxygens (including phenoxy) is 2. The standard InChI is InChI=1S/C22H30N4O3.HI/c1-16-7-5-10-21(13-16)29-17(2)15-25-22(23-4)24-11-12-28-20-9-6-8-19(14-20)26-18(3)27;/h5-10,13-14,17H,11-12,15H2,1-4H3,(H,26,27)(H2,23,24,25);1H. The van der Waals surface area contributed by atoms with Gasteiger partial charge in [-0.25, -0.2) is 0 Å². The van der Waals surface area contributed by atoms with Gasteiger partial charge in [0, 0.05) is 25.7 Å². The molecule has 1 atom stereocenters. The maximum atomic E-state index is 11.1. The van der Waals surface area contributed by atoms with Gasteiger partial charge in [0.15, 0.2) is 5.96 Å². The van der Waals surface area contributed by atoms with Gasteiger partial charge >= 0.3 is 0 Å². The lowest BCUT2D eigenvalue weighted by Crippen LogP contribution is -2.43. The highest BCUT2D eigenvalue weighted by atomic mass is 127. The number of guanidine groups is 1. The van der Waals surface area contributed by atoms with Crippen molar-refractivity contribution >= 4 is 41.5 Å². The molecule has 0 radical (unpaired) electrons. The Morgan fingerprint density at radius 2 is 1.83 bits per heavy atom. The van der Waals surface area contributed by atoms with Gasteiger partial charge in [-0.1, -0.05) is 18.2 Å². The average Bonchev–Trinajstić information content (AvgIpc) is 2.67. The Morgan fingerprint density at radius 1 is 1.10 bits per heavy atom. The number of hydrogen-bond donors (Lipinski definition) is 3. The molecule has 0 bridgehead atoms. The van der Waals surface area contributed by atoms with Gasteiger partial charge in [0.05, 0.1) is 13.1 Å². The van der Waals surface area contributed by atoms with Crippen molar-refractivity contribution < 1.29 is 14.3 Å². The topological polar surface area (TPSA) is 84.0 Å². The first-order chi connectivity index (χ1) is 14.0. The molecule has 7 nitrogen and oxygen atoms in total. The van der Waals surface area contributed by atoms with E-state index >= 15 is 0 Å². The second kappa shape index (κ2) is 13.7. The number of nitrogens with one attached hydrogen (secondary N) is 3. The molecule has 0 aromatic heterocycles. The van der Waals surface area contributed by atoms with Crippen LogP contribution >= 0.6 is 24.0 Å². The highest BCUT2D eigenvalue weighted by Gasteiger charge is 2.06. The van der Waals surface area contributed by atoms with Crippen molar-refractivity contribution in [3.05, 3.63) is 54.1 Å². The third-order valence-corrected chi connectivity index (χ3v) is 3.93. The largest absolute Gasteiger partial charge is 0.492 e. The number of benzene rings is 2. The number of halogens is 1. The second-order valence-corrected chi connectivity index (χ2v) is 6.68. The second-order valence-electron chi connectivity index (χ2n) is 6.68. The lowest BCUT2D eigenvalue weighted by atomic mass is 10.2. The number of hydrogen-bond acceptors (Lipinski definition) is 4. The van der Waals surface area contributed by atoms with Gasteiger partial charge < -0.3 is 25.4 Å². The summed E-state index contributed by atoms with van der Waals surface area (Å²) in [6.45, 7) is 7.18. The summed E-state index contributed by atoms with van der Waals surface area (Å²) in [5.74, 6) is 2.12. The van der Waals surface area contributed by atoms with Crippen LogP contribution in [0.25, 0.3) is 0 Å². The first kappa shape index (κ1) is 25.5. The van der Waals surface area contributed by atoms with Gasteiger partial charge in [-0.3, -0.25) is 9.79 Å². The monoisotopic (exact) mass is 526 g/mol. The first-order valence-electron chi connectivity index (χ1n) is 9.64. The number of anilines is 1. The first-order valence-corrected chi connectivity index (χ1v) is 9.64. The molecular formula is C22H31IN4O3. The molecule has 2 rings (SSSR count). The zero-order valence-electron chi connectivity index (χ0n) is 17.9. The molecule has 0 aliphatic carbocycles. The fourth-order valence-corrected chi connectivity index (χ4v) is 2.63. The highest BCUT2D eigenvalue weighted by molar-refractivity contribution is 14.0. The Morgan fingerprint density at radius 3 is 2.53 bits per heavy atom. The van der Waals surface area contributed by atoms with E-state index in [1.165, 1.54) is 12.5 Å². The molecule has 1 amide bonds. The van der Waals surface area contributed by atoms with Crippen LogP contribution < -0.4 is 25.4 Å². The van der Waals surface area contributed by atoms with Gasteiger partial charge in [0.2, 0.25) is 5.91 Å². The highest BCUT2D eigenvalue weighted by Crippen LogP contribution is 2.17. The minimum absolute atomic E-state index is 0. The number of nitrogens with zero attached hydrogens (tertiary/aromatic N) is 1. The van der Waals surface area contributed by atoms with Crippen molar-refractivity contribution in [1.29, 1.82) is 0 Å². The summed E-state index contributed by atoms with van der Waals surface area (Å²) in [6.07, 6.45) is -0.0110. The summed E-state index contributed by atoms with van der Waals surface area (Å²) < 4.78 is 11.6. The minimum atomic E-state index is -0.112. The van der Waals surface area contributed by atoms with Crippen LogP contribution in [0.2, 0.25) is 0 Å². The number of aryl methyl sites for hydroxylation is 1. The van der Waals surface area contributed by atoms with E-state index in [1.54, 1.807) is 13.1 Å². The number of carbonyl (C=O) groups is 1.